The molecule has 2 atom stereocenters. The summed E-state index contributed by atoms with van der Waals surface area (Å²) in [6.07, 6.45) is 14.5. The summed E-state index contributed by atoms with van der Waals surface area (Å²) in [5.41, 5.74) is 14.9. The van der Waals surface area contributed by atoms with E-state index in [2.05, 4.69) is 244 Å². The highest BCUT2D eigenvalue weighted by Gasteiger charge is 2.30. The summed E-state index contributed by atoms with van der Waals surface area (Å²) < 4.78 is 4.97. The Bertz CT molecular complexity index is 3290. The van der Waals surface area contributed by atoms with Crippen molar-refractivity contribution >= 4 is 44.9 Å². The lowest BCUT2D eigenvalue weighted by Crippen LogP contribution is -2.33. The zero-order valence-electron chi connectivity index (χ0n) is 35.8. The first kappa shape index (κ1) is 38.3. The van der Waals surface area contributed by atoms with Gasteiger partial charge >= 0.3 is 0 Å². The van der Waals surface area contributed by atoms with E-state index in [0.29, 0.717) is 5.92 Å². The Hall–Kier alpha value is -6.90. The molecule has 1 aliphatic carbocycles. The summed E-state index contributed by atoms with van der Waals surface area (Å²) in [4.78, 5) is 0. The Labute approximate surface area is 359 Å². The van der Waals surface area contributed by atoms with E-state index in [-0.39, 0.29) is 11.3 Å². The first-order valence-corrected chi connectivity index (χ1v) is 21.8. The quantitative estimate of drug-likeness (QED) is 0.142. The van der Waals surface area contributed by atoms with E-state index in [0.717, 1.165) is 12.1 Å². The summed E-state index contributed by atoms with van der Waals surface area (Å²) in [5, 5.41) is 6.37. The van der Waals surface area contributed by atoms with Crippen LogP contribution in [0.4, 0.5) is 0 Å². The molecule has 0 bridgehead atoms. The van der Waals surface area contributed by atoms with Crippen molar-refractivity contribution < 1.29 is 0 Å². The molecule has 298 valence electrons. The lowest BCUT2D eigenvalue weighted by Gasteiger charge is -2.32. The predicted molar refractivity (Wildman–Crippen MR) is 261 cm³/mol. The van der Waals surface area contributed by atoms with Crippen LogP contribution >= 0.6 is 0 Å². The average molecular weight is 789 g/mol. The molecule has 0 fully saturated rings. The maximum Gasteiger partial charge on any atom is 0.0542 e. The Morgan fingerprint density at radius 2 is 1.23 bits per heavy atom. The first-order chi connectivity index (χ1) is 29.8. The van der Waals surface area contributed by atoms with Crippen LogP contribution in [0.15, 0.2) is 188 Å². The Morgan fingerprint density at radius 3 is 2.03 bits per heavy atom. The van der Waals surface area contributed by atoms with Gasteiger partial charge in [-0.1, -0.05) is 179 Å². The molecule has 0 radical (unpaired) electrons. The molecule has 2 heteroatoms. The molecule has 7 aromatic carbocycles. The average Bonchev–Trinajstić information content (AvgIpc) is 3.80. The highest BCUT2D eigenvalue weighted by Crippen LogP contribution is 2.38. The van der Waals surface area contributed by atoms with Crippen molar-refractivity contribution in [2.24, 2.45) is 5.92 Å². The summed E-state index contributed by atoms with van der Waals surface area (Å²) in [6, 6.07) is 60.9. The molecule has 2 nitrogen and oxygen atoms in total. The second-order valence-corrected chi connectivity index (χ2v) is 17.4. The summed E-state index contributed by atoms with van der Waals surface area (Å²) in [6.45, 7) is 11.5. The van der Waals surface area contributed by atoms with Crippen LogP contribution in [-0.4, -0.2) is 9.13 Å². The SMILES string of the molecule is C/C=C\C=C/C(C)c1cc(-c2ccccc2)cc(-c2cccc(-n3c4ccccc4c4cc(-n5c6/c(c7ccccc75)=C\Cc5ccccc5C(C)(C)C(C)/C=6)ccc43)c2)c1. The molecule has 61 heavy (non-hydrogen) atoms. The molecule has 1 aliphatic rings. The van der Waals surface area contributed by atoms with E-state index >= 15 is 0 Å². The number of rotatable bonds is 7. The highest BCUT2D eigenvalue weighted by molar-refractivity contribution is 6.10. The number of allylic oxidation sites excluding steroid dienone is 4. The van der Waals surface area contributed by atoms with Gasteiger partial charge in [-0.25, -0.2) is 0 Å². The second-order valence-electron chi connectivity index (χ2n) is 17.4. The maximum atomic E-state index is 2.53. The monoisotopic (exact) mass is 788 g/mol. The van der Waals surface area contributed by atoms with Crippen LogP contribution in [-0.2, 0) is 11.8 Å². The molecule has 0 amide bonds. The van der Waals surface area contributed by atoms with Gasteiger partial charge in [0.15, 0.2) is 0 Å². The molecule has 2 aromatic heterocycles. The standard InChI is InChI=1S/C59H52N2/c1-6-7-9-19-40(2)45-35-46(42-20-10-8-11-21-42)37-47(36-45)44-23-18-24-48(38-44)60-56-29-17-14-26-51(56)53-39-49(31-33-57(53)60)61-55-28-16-13-25-50(55)52-32-30-43-22-12-15-27-54(43)59(4,5)41(3)34-58(52)61/h6-29,31-41H,30H2,1-5H3/b7-6-,19-9-,52-32-,58-34-. The van der Waals surface area contributed by atoms with Gasteiger partial charge in [0.25, 0.3) is 0 Å². The number of nitrogens with zero attached hydrogens (tertiary/aromatic N) is 2. The number of hydrogen-bond acceptors (Lipinski definition) is 0. The Kier molecular flexibility index (Phi) is 9.80. The van der Waals surface area contributed by atoms with Crippen molar-refractivity contribution in [1.29, 1.82) is 0 Å². The van der Waals surface area contributed by atoms with Crippen LogP contribution in [0.2, 0.25) is 0 Å². The number of hydrogen-bond donors (Lipinski definition) is 0. The molecule has 0 saturated heterocycles. The first-order valence-electron chi connectivity index (χ1n) is 21.8. The zero-order valence-corrected chi connectivity index (χ0v) is 35.8. The highest BCUT2D eigenvalue weighted by atomic mass is 15.0. The molecule has 0 N–H and O–H groups in total. The van der Waals surface area contributed by atoms with Crippen LogP contribution in [0.1, 0.15) is 57.2 Å². The van der Waals surface area contributed by atoms with Gasteiger partial charge in [0.05, 0.1) is 21.9 Å². The molecule has 2 unspecified atom stereocenters. The van der Waals surface area contributed by atoms with Crippen molar-refractivity contribution in [3.05, 3.63) is 215 Å². The topological polar surface area (TPSA) is 9.86 Å². The van der Waals surface area contributed by atoms with Gasteiger partial charge in [-0.3, -0.25) is 0 Å². The maximum absolute atomic E-state index is 2.53. The third-order valence-electron chi connectivity index (χ3n) is 13.4. The van der Waals surface area contributed by atoms with Crippen molar-refractivity contribution in [3.63, 3.8) is 0 Å². The van der Waals surface area contributed by atoms with Gasteiger partial charge < -0.3 is 9.13 Å². The zero-order chi connectivity index (χ0) is 41.7. The summed E-state index contributed by atoms with van der Waals surface area (Å²) >= 11 is 0. The van der Waals surface area contributed by atoms with Crippen molar-refractivity contribution in [2.75, 3.05) is 0 Å². The fourth-order valence-corrected chi connectivity index (χ4v) is 9.71. The van der Waals surface area contributed by atoms with Gasteiger partial charge in [-0.05, 0) is 118 Å². The molecule has 2 heterocycles. The van der Waals surface area contributed by atoms with E-state index < -0.39 is 0 Å². The van der Waals surface area contributed by atoms with E-state index in [1.807, 2.05) is 0 Å². The lowest BCUT2D eigenvalue weighted by molar-refractivity contribution is 0.424. The largest absolute Gasteiger partial charge is 0.310 e. The Morgan fingerprint density at radius 1 is 0.574 bits per heavy atom. The number of benzene rings is 7. The minimum Gasteiger partial charge on any atom is -0.310 e. The van der Waals surface area contributed by atoms with Crippen molar-refractivity contribution in [1.82, 2.24) is 9.13 Å². The minimum absolute atomic E-state index is 0.0365. The third-order valence-corrected chi connectivity index (χ3v) is 13.4. The molecule has 0 aliphatic heterocycles. The summed E-state index contributed by atoms with van der Waals surface area (Å²) in [7, 11) is 0. The van der Waals surface area contributed by atoms with E-state index in [9.17, 15) is 0 Å². The predicted octanol–water partition coefficient (Wildman–Crippen LogP) is 14.0. The van der Waals surface area contributed by atoms with E-state index in [4.69, 9.17) is 0 Å². The van der Waals surface area contributed by atoms with E-state index in [1.165, 1.54) is 87.9 Å². The lowest BCUT2D eigenvalue weighted by atomic mass is 9.72. The fourth-order valence-electron chi connectivity index (χ4n) is 9.71. The normalized spacial score (nSPS) is 16.7. The van der Waals surface area contributed by atoms with Gasteiger partial charge in [0.2, 0.25) is 0 Å². The van der Waals surface area contributed by atoms with Crippen LogP contribution in [0, 0.1) is 5.92 Å². The molecular formula is C59H52N2. The van der Waals surface area contributed by atoms with Crippen LogP contribution in [0.5, 0.6) is 0 Å². The smallest absolute Gasteiger partial charge is 0.0542 e. The Balaban J connectivity index is 1.14. The second kappa shape index (κ2) is 15.6. The fraction of sp³-hybridized carbons (Fsp3) is 0.153. The molecule has 9 aromatic rings. The number of fused-ring (bicyclic) bond motifs is 7. The van der Waals surface area contributed by atoms with Crippen LogP contribution < -0.4 is 10.6 Å². The molecule has 0 spiro atoms. The van der Waals surface area contributed by atoms with Gasteiger partial charge in [0.1, 0.15) is 0 Å². The third kappa shape index (κ3) is 6.77. The van der Waals surface area contributed by atoms with Gasteiger partial charge in [-0.2, -0.15) is 0 Å². The number of para-hydroxylation sites is 2. The van der Waals surface area contributed by atoms with Crippen molar-refractivity contribution in [2.45, 2.75) is 52.4 Å². The molecular weight excluding hydrogens is 737 g/mol. The van der Waals surface area contributed by atoms with Crippen LogP contribution in [0.3, 0.4) is 0 Å². The molecule has 0 saturated carbocycles. The number of aromatic nitrogens is 2. The van der Waals surface area contributed by atoms with Crippen molar-refractivity contribution in [3.8, 4) is 33.6 Å². The van der Waals surface area contributed by atoms with Crippen LogP contribution in [0.25, 0.3) is 78.5 Å². The summed E-state index contributed by atoms with van der Waals surface area (Å²) in [5.74, 6) is 0.554. The van der Waals surface area contributed by atoms with Gasteiger partial charge in [0, 0.05) is 32.8 Å². The van der Waals surface area contributed by atoms with Gasteiger partial charge in [-0.15, -0.1) is 0 Å². The minimum atomic E-state index is -0.0365. The molecule has 10 rings (SSSR count). The van der Waals surface area contributed by atoms with E-state index in [1.54, 1.807) is 0 Å².